The van der Waals surface area contributed by atoms with E-state index in [1.54, 1.807) is 5.56 Å². The number of rotatable bonds is 10. The Labute approximate surface area is 279 Å². The van der Waals surface area contributed by atoms with Crippen LogP contribution in [0.25, 0.3) is 10.8 Å². The average molecular weight is 614 g/mol. The number of anilines is 1. The maximum atomic E-state index is 2.75. The van der Waals surface area contributed by atoms with Crippen molar-refractivity contribution >= 4 is 27.9 Å². The molecule has 2 nitrogen and oxygen atoms in total. The third-order valence-corrected chi connectivity index (χ3v) is 13.0. The first kappa shape index (κ1) is 31.5. The molecular weight excluding hydrogens is 556 g/mol. The van der Waals surface area contributed by atoms with E-state index in [1.165, 1.54) is 96.9 Å². The summed E-state index contributed by atoms with van der Waals surface area (Å²) in [6, 6.07) is 23.1. The molecule has 2 saturated carbocycles. The molecule has 0 amide bonds. The van der Waals surface area contributed by atoms with Crippen molar-refractivity contribution in [1.29, 1.82) is 0 Å². The van der Waals surface area contributed by atoms with E-state index in [2.05, 4.69) is 123 Å². The van der Waals surface area contributed by atoms with Crippen molar-refractivity contribution in [2.24, 2.45) is 17.8 Å². The van der Waals surface area contributed by atoms with E-state index < -0.39 is 0 Å². The first-order valence-electron chi connectivity index (χ1n) is 18.8. The van der Waals surface area contributed by atoms with E-state index in [-0.39, 0.29) is 10.8 Å². The number of nitrogens with zero attached hydrogens (tertiary/aromatic N) is 2. The van der Waals surface area contributed by atoms with Crippen molar-refractivity contribution in [3.05, 3.63) is 95.7 Å². The second kappa shape index (κ2) is 12.8. The van der Waals surface area contributed by atoms with Gasteiger partial charge in [-0.05, 0) is 79.3 Å². The SMILES string of the molecule is CCC1(CC)C(=CC=CC2=[N+](CCC3CCCC3)c3ccccc3C2(C)C)N(CCC2CCCC2C)c2ccc3ccccc3c21. The fourth-order valence-corrected chi connectivity index (χ4v) is 10.1. The minimum atomic E-state index is -0.0129. The maximum Gasteiger partial charge on any atom is 0.209 e. The van der Waals surface area contributed by atoms with Gasteiger partial charge < -0.3 is 4.90 Å². The summed E-state index contributed by atoms with van der Waals surface area (Å²) < 4.78 is 2.67. The van der Waals surface area contributed by atoms with E-state index in [4.69, 9.17) is 0 Å². The zero-order chi connectivity index (χ0) is 31.9. The molecule has 7 rings (SSSR count). The van der Waals surface area contributed by atoms with E-state index in [0.717, 1.165) is 43.7 Å². The first-order chi connectivity index (χ1) is 22.4. The molecule has 2 atom stereocenters. The lowest BCUT2D eigenvalue weighted by Crippen LogP contribution is -2.32. The Bertz CT molecular complexity index is 1660. The Kier molecular flexibility index (Phi) is 8.77. The Morgan fingerprint density at radius 2 is 1.61 bits per heavy atom. The number of fused-ring (bicyclic) bond motifs is 4. The molecule has 4 aliphatic rings. The van der Waals surface area contributed by atoms with Crippen molar-refractivity contribution in [3.8, 4) is 0 Å². The number of allylic oxidation sites excluding steroid dienone is 4. The Morgan fingerprint density at radius 1 is 0.848 bits per heavy atom. The highest BCUT2D eigenvalue weighted by Crippen LogP contribution is 2.55. The van der Waals surface area contributed by atoms with Gasteiger partial charge in [0.15, 0.2) is 5.71 Å². The predicted octanol–water partition coefficient (Wildman–Crippen LogP) is 11.6. The number of hydrogen-bond acceptors (Lipinski definition) is 1. The molecule has 0 saturated heterocycles. The van der Waals surface area contributed by atoms with Crippen LogP contribution in [-0.2, 0) is 10.8 Å². The summed E-state index contributed by atoms with van der Waals surface area (Å²) >= 11 is 0. The van der Waals surface area contributed by atoms with Gasteiger partial charge in [0.05, 0.1) is 5.41 Å². The molecule has 0 aromatic heterocycles. The summed E-state index contributed by atoms with van der Waals surface area (Å²) in [5.74, 6) is 2.59. The lowest BCUT2D eigenvalue weighted by Gasteiger charge is -2.33. The van der Waals surface area contributed by atoms with Gasteiger partial charge in [-0.3, -0.25) is 0 Å². The van der Waals surface area contributed by atoms with Crippen molar-refractivity contribution in [2.45, 2.75) is 116 Å². The minimum Gasteiger partial charge on any atom is -0.344 e. The molecule has 2 heterocycles. The van der Waals surface area contributed by atoms with E-state index in [1.807, 2.05) is 0 Å². The van der Waals surface area contributed by atoms with Crippen molar-refractivity contribution in [1.82, 2.24) is 0 Å². The van der Waals surface area contributed by atoms with Gasteiger partial charge in [-0.25, -0.2) is 0 Å². The van der Waals surface area contributed by atoms with Crippen molar-refractivity contribution in [2.75, 3.05) is 18.0 Å². The third kappa shape index (κ3) is 5.29. The van der Waals surface area contributed by atoms with Crippen LogP contribution in [0.2, 0.25) is 0 Å². The molecule has 0 bridgehead atoms. The summed E-state index contributed by atoms with van der Waals surface area (Å²) in [6.07, 6.45) is 22.1. The molecule has 3 aromatic carbocycles. The summed E-state index contributed by atoms with van der Waals surface area (Å²) in [7, 11) is 0. The number of para-hydroxylation sites is 1. The molecular formula is C44H57N2+. The summed E-state index contributed by atoms with van der Waals surface area (Å²) in [6.45, 7) is 14.4. The van der Waals surface area contributed by atoms with Gasteiger partial charge in [0.1, 0.15) is 6.54 Å². The Morgan fingerprint density at radius 3 is 2.37 bits per heavy atom. The van der Waals surface area contributed by atoms with E-state index >= 15 is 0 Å². The Balaban J connectivity index is 1.30. The highest BCUT2D eigenvalue weighted by molar-refractivity contribution is 6.03. The minimum absolute atomic E-state index is 0.0129. The van der Waals surface area contributed by atoms with Gasteiger partial charge in [0.2, 0.25) is 5.69 Å². The molecule has 2 aliphatic heterocycles. The lowest BCUT2D eigenvalue weighted by atomic mass is 9.73. The average Bonchev–Trinajstić information content (AvgIpc) is 3.84. The molecule has 0 N–H and O–H groups in total. The van der Waals surface area contributed by atoms with Crippen LogP contribution in [0.15, 0.2) is 84.6 Å². The molecule has 2 heteroatoms. The van der Waals surface area contributed by atoms with Gasteiger partial charge in [-0.1, -0.05) is 120 Å². The van der Waals surface area contributed by atoms with Crippen LogP contribution in [0, 0.1) is 17.8 Å². The van der Waals surface area contributed by atoms with Gasteiger partial charge in [0, 0.05) is 47.5 Å². The largest absolute Gasteiger partial charge is 0.344 e. The zero-order valence-electron chi connectivity index (χ0n) is 29.3. The van der Waals surface area contributed by atoms with Crippen molar-refractivity contribution < 1.29 is 4.58 Å². The molecule has 2 aliphatic carbocycles. The standard InChI is InChI=1S/C44H57N2/c1-6-44(7-2)41(46(31-29-34-20-14-16-32(34)3)39-27-26-35-19-10-11-21-36(35)42(39)44)25-15-24-40-43(4,5)37-22-12-13-23-38(37)45(40)30-28-33-17-8-9-18-33/h10-13,15,19,21-27,32-34H,6-9,14,16-18,20,28-31H2,1-5H3/q+1. The summed E-state index contributed by atoms with van der Waals surface area (Å²) in [4.78, 5) is 2.75. The smallest absolute Gasteiger partial charge is 0.209 e. The van der Waals surface area contributed by atoms with Crippen LogP contribution >= 0.6 is 0 Å². The monoisotopic (exact) mass is 613 g/mol. The van der Waals surface area contributed by atoms with E-state index in [0.29, 0.717) is 0 Å². The van der Waals surface area contributed by atoms with Gasteiger partial charge in [-0.2, -0.15) is 4.58 Å². The van der Waals surface area contributed by atoms with Gasteiger partial charge >= 0.3 is 0 Å². The molecule has 46 heavy (non-hydrogen) atoms. The normalized spacial score (nSPS) is 24.6. The second-order valence-electron chi connectivity index (χ2n) is 15.6. The fourth-order valence-electron chi connectivity index (χ4n) is 10.1. The van der Waals surface area contributed by atoms with Crippen LogP contribution in [0.4, 0.5) is 11.4 Å². The number of hydrogen-bond donors (Lipinski definition) is 0. The third-order valence-electron chi connectivity index (χ3n) is 13.0. The molecule has 2 unspecified atom stereocenters. The quantitative estimate of drug-likeness (QED) is 0.206. The molecule has 0 spiro atoms. The highest BCUT2D eigenvalue weighted by atomic mass is 15.2. The van der Waals surface area contributed by atoms with E-state index in [9.17, 15) is 0 Å². The van der Waals surface area contributed by atoms with Crippen molar-refractivity contribution in [3.63, 3.8) is 0 Å². The van der Waals surface area contributed by atoms with Crippen LogP contribution < -0.4 is 4.90 Å². The number of benzene rings is 3. The molecule has 0 radical (unpaired) electrons. The molecule has 242 valence electrons. The highest BCUT2D eigenvalue weighted by Gasteiger charge is 2.47. The summed E-state index contributed by atoms with van der Waals surface area (Å²) in [5, 5.41) is 2.81. The lowest BCUT2D eigenvalue weighted by molar-refractivity contribution is -0.439. The van der Waals surface area contributed by atoms with Gasteiger partial charge in [-0.15, -0.1) is 0 Å². The van der Waals surface area contributed by atoms with Crippen LogP contribution in [0.1, 0.15) is 116 Å². The Hall–Kier alpha value is -3.13. The first-order valence-corrected chi connectivity index (χ1v) is 18.8. The zero-order valence-corrected chi connectivity index (χ0v) is 29.3. The molecule has 2 fully saturated rings. The fraction of sp³-hybridized carbons (Fsp3) is 0.523. The topological polar surface area (TPSA) is 6.25 Å². The second-order valence-corrected chi connectivity index (χ2v) is 15.6. The molecule has 3 aromatic rings. The van der Waals surface area contributed by atoms with Crippen LogP contribution in [-0.4, -0.2) is 23.4 Å². The van der Waals surface area contributed by atoms with Crippen LogP contribution in [0.3, 0.4) is 0 Å². The van der Waals surface area contributed by atoms with Gasteiger partial charge in [0.25, 0.3) is 0 Å². The maximum absolute atomic E-state index is 2.75. The predicted molar refractivity (Wildman–Crippen MR) is 198 cm³/mol. The summed E-state index contributed by atoms with van der Waals surface area (Å²) in [5.41, 5.74) is 8.87. The van der Waals surface area contributed by atoms with Crippen LogP contribution in [0.5, 0.6) is 0 Å².